The van der Waals surface area contributed by atoms with Crippen molar-refractivity contribution >= 4 is 6.21 Å². The van der Waals surface area contributed by atoms with E-state index in [0.29, 0.717) is 0 Å². The van der Waals surface area contributed by atoms with Crippen LogP contribution in [0.1, 0.15) is 27.2 Å². The van der Waals surface area contributed by atoms with Crippen LogP contribution in [-0.2, 0) is 0 Å². The third-order valence-corrected chi connectivity index (χ3v) is 1.21. The second-order valence-electron chi connectivity index (χ2n) is 3.20. The summed E-state index contributed by atoms with van der Waals surface area (Å²) < 4.78 is 0. The van der Waals surface area contributed by atoms with E-state index in [1.165, 1.54) is 0 Å². The van der Waals surface area contributed by atoms with Crippen LogP contribution in [0.2, 0.25) is 0 Å². The maximum Gasteiger partial charge on any atom is 0.0491 e. The van der Waals surface area contributed by atoms with Crippen LogP contribution in [0.15, 0.2) is 17.3 Å². The first kappa shape index (κ1) is 10.2. The van der Waals surface area contributed by atoms with Gasteiger partial charge in [-0.15, -0.1) is 0 Å². The number of hydrazone groups is 1. The molecule has 0 spiro atoms. The smallest absolute Gasteiger partial charge is 0.0491 e. The minimum absolute atomic E-state index is 0.738. The molecule has 0 aromatic heterocycles. The van der Waals surface area contributed by atoms with Crippen molar-refractivity contribution in [3.8, 4) is 0 Å². The number of nitrogens with zero attached hydrogens (tertiary/aromatic N) is 1. The lowest BCUT2D eigenvalue weighted by Crippen LogP contribution is -2.09. The Morgan fingerprint density at radius 2 is 2.27 bits per heavy atom. The molecule has 0 aliphatic rings. The number of allylic oxidation sites excluding steroid dienone is 1. The number of rotatable bonds is 5. The molecule has 0 atom stereocenters. The van der Waals surface area contributed by atoms with E-state index in [1.807, 2.05) is 6.92 Å². The molecular formula is C9H18N2. The predicted octanol–water partition coefficient (Wildman–Crippen LogP) is 2.18. The molecule has 64 valence electrons. The zero-order valence-electron chi connectivity index (χ0n) is 7.72. The van der Waals surface area contributed by atoms with Gasteiger partial charge in [-0.3, -0.25) is 0 Å². The summed E-state index contributed by atoms with van der Waals surface area (Å²) in [5, 5.41) is 3.97. The lowest BCUT2D eigenvalue weighted by atomic mass is 10.1. The third kappa shape index (κ3) is 9.21. The quantitative estimate of drug-likeness (QED) is 0.366. The van der Waals surface area contributed by atoms with Crippen molar-refractivity contribution in [2.45, 2.75) is 27.2 Å². The predicted molar refractivity (Wildman–Crippen MR) is 50.8 cm³/mol. The van der Waals surface area contributed by atoms with Crippen LogP contribution in [0.5, 0.6) is 0 Å². The molecular weight excluding hydrogens is 136 g/mol. The molecule has 0 aromatic carbocycles. The largest absolute Gasteiger partial charge is 0.310 e. The summed E-state index contributed by atoms with van der Waals surface area (Å²) in [4.78, 5) is 0. The number of nitrogens with one attached hydrogen (secondary N) is 1. The van der Waals surface area contributed by atoms with Crippen LogP contribution in [0.3, 0.4) is 0 Å². The van der Waals surface area contributed by atoms with E-state index in [2.05, 4.69) is 31.0 Å². The topological polar surface area (TPSA) is 24.4 Å². The van der Waals surface area contributed by atoms with Gasteiger partial charge in [0.2, 0.25) is 0 Å². The lowest BCUT2D eigenvalue weighted by Gasteiger charge is -2.02. The van der Waals surface area contributed by atoms with Crippen LogP contribution in [0.25, 0.3) is 0 Å². The van der Waals surface area contributed by atoms with Crippen molar-refractivity contribution in [3.05, 3.63) is 12.2 Å². The van der Waals surface area contributed by atoms with Gasteiger partial charge in [0, 0.05) is 12.8 Å². The van der Waals surface area contributed by atoms with Gasteiger partial charge in [-0.2, -0.15) is 5.10 Å². The zero-order valence-corrected chi connectivity index (χ0v) is 7.72. The lowest BCUT2D eigenvalue weighted by molar-refractivity contribution is 0.549. The Labute approximate surface area is 69.4 Å². The molecule has 0 saturated carbocycles. The molecule has 0 aliphatic carbocycles. The average molecular weight is 154 g/mol. The van der Waals surface area contributed by atoms with Crippen LogP contribution in [0.4, 0.5) is 0 Å². The van der Waals surface area contributed by atoms with Crippen molar-refractivity contribution in [2.75, 3.05) is 6.54 Å². The van der Waals surface area contributed by atoms with Crippen LogP contribution >= 0.6 is 0 Å². The fraction of sp³-hybridized carbons (Fsp3) is 0.667. The fourth-order valence-electron chi connectivity index (χ4n) is 0.574. The van der Waals surface area contributed by atoms with Gasteiger partial charge in [0.05, 0.1) is 0 Å². The number of hydrogen-bond acceptors (Lipinski definition) is 2. The first-order valence-corrected chi connectivity index (χ1v) is 4.04. The molecule has 11 heavy (non-hydrogen) atoms. The summed E-state index contributed by atoms with van der Waals surface area (Å²) in [6.07, 6.45) is 2.90. The van der Waals surface area contributed by atoms with Gasteiger partial charge in [0.15, 0.2) is 0 Å². The molecule has 0 rings (SSSR count). The standard InChI is InChI=1S/C9H18N2/c1-8(2)5-6-10-11-7-9(3)4/h7-8,10H,3,5-6H2,1-2,4H3. The third-order valence-electron chi connectivity index (χ3n) is 1.21. The second kappa shape index (κ2) is 5.96. The Bertz CT molecular complexity index is 136. The van der Waals surface area contributed by atoms with E-state index in [1.54, 1.807) is 6.21 Å². The van der Waals surface area contributed by atoms with Crippen LogP contribution in [-0.4, -0.2) is 12.8 Å². The first-order valence-electron chi connectivity index (χ1n) is 4.04. The average Bonchev–Trinajstić information content (AvgIpc) is 1.85. The second-order valence-corrected chi connectivity index (χ2v) is 3.20. The summed E-state index contributed by atoms with van der Waals surface area (Å²) in [5.74, 6) is 0.738. The van der Waals surface area contributed by atoms with E-state index in [0.717, 1.165) is 24.5 Å². The van der Waals surface area contributed by atoms with Crippen molar-refractivity contribution in [2.24, 2.45) is 11.0 Å². The van der Waals surface area contributed by atoms with Gasteiger partial charge >= 0.3 is 0 Å². The Balaban J connectivity index is 3.21. The molecule has 0 radical (unpaired) electrons. The maximum atomic E-state index is 3.97. The molecule has 0 heterocycles. The molecule has 0 aliphatic heterocycles. The molecule has 0 bridgehead atoms. The fourth-order valence-corrected chi connectivity index (χ4v) is 0.574. The minimum atomic E-state index is 0.738. The first-order chi connectivity index (χ1) is 5.13. The van der Waals surface area contributed by atoms with Crippen molar-refractivity contribution in [1.29, 1.82) is 0 Å². The van der Waals surface area contributed by atoms with Crippen LogP contribution in [0, 0.1) is 5.92 Å². The summed E-state index contributed by atoms with van der Waals surface area (Å²) in [6.45, 7) is 11.0. The summed E-state index contributed by atoms with van der Waals surface area (Å²) in [7, 11) is 0. The van der Waals surface area contributed by atoms with E-state index >= 15 is 0 Å². The van der Waals surface area contributed by atoms with E-state index in [9.17, 15) is 0 Å². The van der Waals surface area contributed by atoms with Gasteiger partial charge in [-0.25, -0.2) is 0 Å². The molecule has 0 unspecified atom stereocenters. The van der Waals surface area contributed by atoms with Gasteiger partial charge in [0.1, 0.15) is 0 Å². The normalized spacial score (nSPS) is 10.9. The Morgan fingerprint density at radius 3 is 2.73 bits per heavy atom. The summed E-state index contributed by atoms with van der Waals surface area (Å²) in [6, 6.07) is 0. The molecule has 1 N–H and O–H groups in total. The maximum absolute atomic E-state index is 3.97. The van der Waals surface area contributed by atoms with E-state index in [4.69, 9.17) is 0 Å². The van der Waals surface area contributed by atoms with Gasteiger partial charge < -0.3 is 5.43 Å². The van der Waals surface area contributed by atoms with Crippen LogP contribution < -0.4 is 5.43 Å². The molecule has 0 amide bonds. The van der Waals surface area contributed by atoms with Crippen molar-refractivity contribution in [3.63, 3.8) is 0 Å². The van der Waals surface area contributed by atoms with Gasteiger partial charge in [-0.1, -0.05) is 20.4 Å². The molecule has 0 saturated heterocycles. The Kier molecular flexibility index (Phi) is 5.53. The highest BCUT2D eigenvalue weighted by Gasteiger charge is 1.89. The van der Waals surface area contributed by atoms with Gasteiger partial charge in [0.25, 0.3) is 0 Å². The van der Waals surface area contributed by atoms with Crippen molar-refractivity contribution in [1.82, 2.24) is 5.43 Å². The highest BCUT2D eigenvalue weighted by molar-refractivity contribution is 5.76. The Hall–Kier alpha value is -0.790. The molecule has 0 aromatic rings. The van der Waals surface area contributed by atoms with E-state index in [-0.39, 0.29) is 0 Å². The zero-order chi connectivity index (χ0) is 8.69. The summed E-state index contributed by atoms with van der Waals surface area (Å²) >= 11 is 0. The Morgan fingerprint density at radius 1 is 1.64 bits per heavy atom. The monoisotopic (exact) mass is 154 g/mol. The SMILES string of the molecule is C=C(C)C=NNCCC(C)C. The highest BCUT2D eigenvalue weighted by Crippen LogP contribution is 1.95. The summed E-state index contributed by atoms with van der Waals surface area (Å²) in [5.41, 5.74) is 3.93. The van der Waals surface area contributed by atoms with Gasteiger partial charge in [-0.05, 0) is 24.8 Å². The number of hydrogen-bond donors (Lipinski definition) is 1. The molecule has 2 heteroatoms. The molecule has 0 fully saturated rings. The minimum Gasteiger partial charge on any atom is -0.310 e. The van der Waals surface area contributed by atoms with E-state index < -0.39 is 0 Å². The molecule has 2 nitrogen and oxygen atoms in total. The highest BCUT2D eigenvalue weighted by atomic mass is 15.3. The van der Waals surface area contributed by atoms with Crippen molar-refractivity contribution < 1.29 is 0 Å².